The summed E-state index contributed by atoms with van der Waals surface area (Å²) in [7, 11) is 0. The molecule has 0 saturated carbocycles. The second kappa shape index (κ2) is 7.72. The van der Waals surface area contributed by atoms with Gasteiger partial charge in [0, 0.05) is 60.5 Å². The van der Waals surface area contributed by atoms with Crippen molar-refractivity contribution in [2.75, 3.05) is 13.1 Å². The van der Waals surface area contributed by atoms with Gasteiger partial charge in [-0.1, -0.05) is 18.5 Å². The molecular formula is C20H24ClN5O. The van der Waals surface area contributed by atoms with E-state index in [-0.39, 0.29) is 5.91 Å². The number of H-pyrrole nitrogens is 1. The molecular weight excluding hydrogens is 362 g/mol. The second-order valence-corrected chi connectivity index (χ2v) is 7.55. The van der Waals surface area contributed by atoms with Crippen LogP contribution >= 0.6 is 11.6 Å². The highest BCUT2D eigenvalue weighted by atomic mass is 35.5. The molecule has 1 aliphatic heterocycles. The van der Waals surface area contributed by atoms with Crippen molar-refractivity contribution in [3.63, 3.8) is 0 Å². The standard InChI is InChI=1S/C20H24ClN5O/c1-2-18-22-20(24-23-18)14-5-10-26(11-6-14)19(27)8-12-25-9-7-15-13-16(21)3-4-17(15)25/h3-4,7,9,13-14H,2,5-6,8,10-12H2,1H3,(H,22,23,24). The summed E-state index contributed by atoms with van der Waals surface area (Å²) in [4.78, 5) is 19.2. The lowest BCUT2D eigenvalue weighted by atomic mass is 9.96. The Hall–Kier alpha value is -2.34. The van der Waals surface area contributed by atoms with Crippen LogP contribution < -0.4 is 0 Å². The van der Waals surface area contributed by atoms with Crippen molar-refractivity contribution in [3.8, 4) is 0 Å². The number of amides is 1. The van der Waals surface area contributed by atoms with E-state index in [1.807, 2.05) is 35.4 Å². The van der Waals surface area contributed by atoms with Crippen molar-refractivity contribution in [2.45, 2.75) is 45.1 Å². The summed E-state index contributed by atoms with van der Waals surface area (Å²) >= 11 is 6.04. The van der Waals surface area contributed by atoms with E-state index in [4.69, 9.17) is 11.6 Å². The summed E-state index contributed by atoms with van der Waals surface area (Å²) in [5, 5.41) is 9.16. The molecule has 4 rings (SSSR count). The Bertz CT molecular complexity index is 939. The number of halogens is 1. The Morgan fingerprint density at radius 1 is 1.30 bits per heavy atom. The highest BCUT2D eigenvalue weighted by Crippen LogP contribution is 2.26. The second-order valence-electron chi connectivity index (χ2n) is 7.11. The molecule has 6 nitrogen and oxygen atoms in total. The Balaban J connectivity index is 1.31. The molecule has 3 heterocycles. The Labute approximate surface area is 163 Å². The number of aryl methyl sites for hydroxylation is 2. The van der Waals surface area contributed by atoms with Crippen LogP contribution in [-0.4, -0.2) is 43.6 Å². The zero-order valence-corrected chi connectivity index (χ0v) is 16.2. The average molecular weight is 386 g/mol. The third kappa shape index (κ3) is 3.86. The van der Waals surface area contributed by atoms with E-state index in [0.717, 1.165) is 59.9 Å². The van der Waals surface area contributed by atoms with Gasteiger partial charge in [-0.25, -0.2) is 4.98 Å². The molecule has 142 valence electrons. The minimum atomic E-state index is 0.216. The average Bonchev–Trinajstić information content (AvgIpc) is 3.33. The Morgan fingerprint density at radius 3 is 2.85 bits per heavy atom. The van der Waals surface area contributed by atoms with Crippen LogP contribution in [0.3, 0.4) is 0 Å². The molecule has 7 heteroatoms. The van der Waals surface area contributed by atoms with E-state index < -0.39 is 0 Å². The van der Waals surface area contributed by atoms with Crippen LogP contribution in [0.4, 0.5) is 0 Å². The number of likely N-dealkylation sites (tertiary alicyclic amines) is 1. The van der Waals surface area contributed by atoms with E-state index in [1.165, 1.54) is 0 Å². The summed E-state index contributed by atoms with van der Waals surface area (Å²) in [6.07, 6.45) is 5.26. The van der Waals surface area contributed by atoms with Crippen molar-refractivity contribution < 1.29 is 4.79 Å². The predicted octanol–water partition coefficient (Wildman–Crippen LogP) is 3.77. The predicted molar refractivity (Wildman–Crippen MR) is 106 cm³/mol. The first-order valence-corrected chi connectivity index (χ1v) is 9.95. The first-order chi connectivity index (χ1) is 13.1. The quantitative estimate of drug-likeness (QED) is 0.726. The van der Waals surface area contributed by atoms with E-state index in [9.17, 15) is 4.79 Å². The maximum atomic E-state index is 12.6. The largest absolute Gasteiger partial charge is 0.347 e. The van der Waals surface area contributed by atoms with Gasteiger partial charge >= 0.3 is 0 Å². The van der Waals surface area contributed by atoms with Crippen LogP contribution in [0.1, 0.15) is 43.8 Å². The molecule has 0 bridgehead atoms. The van der Waals surface area contributed by atoms with Gasteiger partial charge in [-0.05, 0) is 37.1 Å². The number of aromatic nitrogens is 4. The number of carbonyl (C=O) groups is 1. The van der Waals surface area contributed by atoms with Gasteiger partial charge in [-0.15, -0.1) is 0 Å². The monoisotopic (exact) mass is 385 g/mol. The van der Waals surface area contributed by atoms with Crippen molar-refractivity contribution in [1.82, 2.24) is 24.6 Å². The van der Waals surface area contributed by atoms with Crippen LogP contribution in [0, 0.1) is 0 Å². The number of piperidine rings is 1. The number of fused-ring (bicyclic) bond motifs is 1. The number of benzene rings is 1. The smallest absolute Gasteiger partial charge is 0.224 e. The molecule has 1 aromatic carbocycles. The fraction of sp³-hybridized carbons (Fsp3) is 0.450. The van der Waals surface area contributed by atoms with E-state index in [2.05, 4.69) is 26.7 Å². The molecule has 1 amide bonds. The summed E-state index contributed by atoms with van der Waals surface area (Å²) in [5.74, 6) is 2.40. The van der Waals surface area contributed by atoms with Crippen LogP contribution in [0.25, 0.3) is 10.9 Å². The first-order valence-electron chi connectivity index (χ1n) is 9.57. The van der Waals surface area contributed by atoms with Crippen molar-refractivity contribution in [3.05, 3.63) is 47.1 Å². The molecule has 1 aliphatic rings. The topological polar surface area (TPSA) is 66.8 Å². The molecule has 1 saturated heterocycles. The highest BCUT2D eigenvalue weighted by molar-refractivity contribution is 6.31. The number of hydrogen-bond acceptors (Lipinski definition) is 3. The third-order valence-corrected chi connectivity index (χ3v) is 5.63. The molecule has 0 atom stereocenters. The number of nitrogens with zero attached hydrogens (tertiary/aromatic N) is 4. The third-order valence-electron chi connectivity index (χ3n) is 5.40. The Morgan fingerprint density at radius 2 is 2.11 bits per heavy atom. The summed E-state index contributed by atoms with van der Waals surface area (Å²) in [6, 6.07) is 7.89. The van der Waals surface area contributed by atoms with Crippen molar-refractivity contribution >= 4 is 28.4 Å². The number of hydrogen-bond donors (Lipinski definition) is 1. The maximum absolute atomic E-state index is 12.6. The minimum Gasteiger partial charge on any atom is -0.347 e. The van der Waals surface area contributed by atoms with E-state index >= 15 is 0 Å². The van der Waals surface area contributed by atoms with E-state index in [1.54, 1.807) is 0 Å². The summed E-state index contributed by atoms with van der Waals surface area (Å²) in [6.45, 7) is 4.31. The Kier molecular flexibility index (Phi) is 5.16. The number of aromatic amines is 1. The molecule has 27 heavy (non-hydrogen) atoms. The zero-order chi connectivity index (χ0) is 18.8. The van der Waals surface area contributed by atoms with Gasteiger partial charge in [-0.3, -0.25) is 9.89 Å². The first kappa shape index (κ1) is 18.0. The lowest BCUT2D eigenvalue weighted by Gasteiger charge is -2.31. The molecule has 0 unspecified atom stereocenters. The molecule has 0 aliphatic carbocycles. The molecule has 2 aromatic heterocycles. The van der Waals surface area contributed by atoms with Crippen LogP contribution in [0.5, 0.6) is 0 Å². The number of carbonyl (C=O) groups excluding carboxylic acids is 1. The molecule has 1 fully saturated rings. The highest BCUT2D eigenvalue weighted by Gasteiger charge is 2.26. The number of rotatable bonds is 5. The van der Waals surface area contributed by atoms with Gasteiger partial charge in [0.2, 0.25) is 5.91 Å². The molecule has 3 aromatic rings. The lowest BCUT2D eigenvalue weighted by Crippen LogP contribution is -2.38. The fourth-order valence-corrected chi connectivity index (χ4v) is 3.96. The lowest BCUT2D eigenvalue weighted by molar-refractivity contribution is -0.132. The van der Waals surface area contributed by atoms with Crippen molar-refractivity contribution in [2.24, 2.45) is 0 Å². The number of nitrogens with one attached hydrogen (secondary N) is 1. The fourth-order valence-electron chi connectivity index (χ4n) is 3.78. The normalized spacial score (nSPS) is 15.6. The maximum Gasteiger partial charge on any atom is 0.224 e. The van der Waals surface area contributed by atoms with Gasteiger partial charge in [0.25, 0.3) is 0 Å². The van der Waals surface area contributed by atoms with Crippen LogP contribution in [0.15, 0.2) is 30.5 Å². The molecule has 0 spiro atoms. The summed E-state index contributed by atoms with van der Waals surface area (Å²) in [5.41, 5.74) is 1.11. The van der Waals surface area contributed by atoms with Crippen LogP contribution in [-0.2, 0) is 17.8 Å². The van der Waals surface area contributed by atoms with Gasteiger partial charge in [0.1, 0.15) is 5.82 Å². The molecule has 1 N–H and O–H groups in total. The minimum absolute atomic E-state index is 0.216. The summed E-state index contributed by atoms with van der Waals surface area (Å²) < 4.78 is 2.12. The van der Waals surface area contributed by atoms with Gasteiger partial charge in [0.05, 0.1) is 0 Å². The van der Waals surface area contributed by atoms with Crippen LogP contribution in [0.2, 0.25) is 5.02 Å². The molecule has 0 radical (unpaired) electrons. The van der Waals surface area contributed by atoms with Gasteiger partial charge in [0.15, 0.2) is 5.82 Å². The van der Waals surface area contributed by atoms with Gasteiger partial charge in [-0.2, -0.15) is 5.10 Å². The van der Waals surface area contributed by atoms with Gasteiger partial charge < -0.3 is 9.47 Å². The van der Waals surface area contributed by atoms with E-state index in [0.29, 0.717) is 18.9 Å². The SMILES string of the molecule is CCc1nc(C2CCN(C(=O)CCn3ccc4cc(Cl)ccc43)CC2)n[nH]1. The zero-order valence-electron chi connectivity index (χ0n) is 15.5. The van der Waals surface area contributed by atoms with Crippen molar-refractivity contribution in [1.29, 1.82) is 0 Å².